The minimum Gasteiger partial charge on any atom is -0.494 e. The number of anilines is 1. The summed E-state index contributed by atoms with van der Waals surface area (Å²) in [7, 11) is 1.30. The van der Waals surface area contributed by atoms with Crippen LogP contribution in [0.2, 0.25) is 0 Å². The van der Waals surface area contributed by atoms with Crippen molar-refractivity contribution in [3.63, 3.8) is 0 Å². The van der Waals surface area contributed by atoms with Crippen LogP contribution in [0.15, 0.2) is 34.7 Å². The van der Waals surface area contributed by atoms with Crippen molar-refractivity contribution in [1.82, 2.24) is 25.0 Å². The number of piperazine rings is 1. The second-order valence-corrected chi connectivity index (χ2v) is 13.1. The molecule has 0 unspecified atom stereocenters. The van der Waals surface area contributed by atoms with Crippen molar-refractivity contribution in [2.24, 2.45) is 5.41 Å². The molecule has 6 rings (SSSR count). The Hall–Kier alpha value is -4.72. The number of hydrogen-bond donors (Lipinski definition) is 1. The number of pyridine rings is 1. The number of esters is 1. The van der Waals surface area contributed by atoms with E-state index in [0.717, 1.165) is 49.9 Å². The average Bonchev–Trinajstić information content (AvgIpc) is 3.68. The highest BCUT2D eigenvalue weighted by atomic mass is 19.1. The van der Waals surface area contributed by atoms with E-state index in [1.165, 1.54) is 18.1 Å². The third-order valence-electron chi connectivity index (χ3n) is 8.83. The van der Waals surface area contributed by atoms with Gasteiger partial charge in [0, 0.05) is 38.8 Å². The molecule has 0 radical (unpaired) electrons. The fourth-order valence-electron chi connectivity index (χ4n) is 6.22. The minimum absolute atomic E-state index is 0.0222. The lowest BCUT2D eigenvalue weighted by Crippen LogP contribution is -2.52. The Balaban J connectivity index is 1.34. The van der Waals surface area contributed by atoms with E-state index < -0.39 is 47.3 Å². The van der Waals surface area contributed by atoms with Gasteiger partial charge in [0.2, 0.25) is 0 Å². The minimum atomic E-state index is -1.92. The van der Waals surface area contributed by atoms with Crippen LogP contribution in [0.1, 0.15) is 55.8 Å². The second kappa shape index (κ2) is 12.1. The number of rotatable bonds is 9. The summed E-state index contributed by atoms with van der Waals surface area (Å²) in [5, 5.41) is 2.71. The van der Waals surface area contributed by atoms with Crippen molar-refractivity contribution < 1.29 is 37.5 Å². The number of methoxy groups -OCH3 is 1. The Morgan fingerprint density at radius 2 is 1.85 bits per heavy atom. The second-order valence-electron chi connectivity index (χ2n) is 13.1. The molecule has 250 valence electrons. The fraction of sp³-hybridized carbons (Fsp3) is 0.485. The molecule has 1 N–H and O–H groups in total. The van der Waals surface area contributed by atoms with Crippen molar-refractivity contribution in [2.75, 3.05) is 58.0 Å². The molecule has 47 heavy (non-hydrogen) atoms. The van der Waals surface area contributed by atoms with Gasteiger partial charge in [-0.15, -0.1) is 0 Å². The zero-order chi connectivity index (χ0) is 33.7. The Bertz CT molecular complexity index is 1740. The maximum atomic E-state index is 15.2. The normalized spacial score (nSPS) is 20.3. The summed E-state index contributed by atoms with van der Waals surface area (Å²) in [4.78, 5) is 65.1. The standard InChI is InChI=1S/C33H39FN6O7/c1-6-11-37-12-14-38(15-13-37)25-10-9-22-21(35-25)16-24(47-22)33(29(42)40(31(44)36-33)19-46-30(43)32(2,3)4)18-39-17-20-7-8-23(45-5)27(34)26(20)28(39)41/h7-10,16H,6,11-15,17-19H2,1-5H3,(H,36,44)/t33-/m0/s1. The molecule has 2 saturated heterocycles. The molecule has 3 aromatic rings. The molecule has 2 aromatic heterocycles. The summed E-state index contributed by atoms with van der Waals surface area (Å²) in [6, 6.07) is 7.36. The van der Waals surface area contributed by atoms with Gasteiger partial charge in [0.25, 0.3) is 11.8 Å². The third kappa shape index (κ3) is 5.75. The van der Waals surface area contributed by atoms with Crippen LogP contribution in [0.5, 0.6) is 5.75 Å². The van der Waals surface area contributed by atoms with E-state index in [1.807, 2.05) is 6.07 Å². The van der Waals surface area contributed by atoms with Gasteiger partial charge in [0.1, 0.15) is 17.1 Å². The number of nitrogens with zero attached hydrogens (tertiary/aromatic N) is 5. The maximum Gasteiger partial charge on any atom is 0.328 e. The van der Waals surface area contributed by atoms with Gasteiger partial charge < -0.3 is 29.0 Å². The molecule has 4 amide bonds. The number of urea groups is 1. The third-order valence-corrected chi connectivity index (χ3v) is 8.83. The zero-order valence-electron chi connectivity index (χ0n) is 27.2. The number of carbonyl (C=O) groups excluding carboxylic acids is 4. The van der Waals surface area contributed by atoms with E-state index in [2.05, 4.69) is 22.0 Å². The quantitative estimate of drug-likeness (QED) is 0.271. The van der Waals surface area contributed by atoms with Gasteiger partial charge in [-0.3, -0.25) is 19.3 Å². The number of ether oxygens (including phenoxy) is 2. The highest BCUT2D eigenvalue weighted by Crippen LogP contribution is 2.38. The topological polar surface area (TPSA) is 138 Å². The summed E-state index contributed by atoms with van der Waals surface area (Å²) in [6.45, 7) is 10.6. The first-order valence-electron chi connectivity index (χ1n) is 15.7. The smallest absolute Gasteiger partial charge is 0.328 e. The number of hydrogen-bond acceptors (Lipinski definition) is 10. The Kier molecular flexibility index (Phi) is 8.32. The molecule has 0 bridgehead atoms. The summed E-state index contributed by atoms with van der Waals surface area (Å²) in [5.74, 6) is -2.18. The number of nitrogens with one attached hydrogen (secondary N) is 1. The van der Waals surface area contributed by atoms with Crippen LogP contribution >= 0.6 is 0 Å². The van der Waals surface area contributed by atoms with Crippen LogP contribution in [0.4, 0.5) is 15.0 Å². The maximum absolute atomic E-state index is 15.2. The van der Waals surface area contributed by atoms with E-state index in [4.69, 9.17) is 18.9 Å². The molecular formula is C33H39FN6O7. The van der Waals surface area contributed by atoms with Crippen molar-refractivity contribution in [1.29, 1.82) is 0 Å². The lowest BCUT2D eigenvalue weighted by Gasteiger charge is -2.35. The van der Waals surface area contributed by atoms with E-state index >= 15 is 4.39 Å². The molecule has 13 nitrogen and oxygen atoms in total. The van der Waals surface area contributed by atoms with E-state index in [9.17, 15) is 19.2 Å². The molecular weight excluding hydrogens is 611 g/mol. The lowest BCUT2D eigenvalue weighted by molar-refractivity contribution is -0.158. The van der Waals surface area contributed by atoms with Crippen LogP contribution in [0.25, 0.3) is 11.1 Å². The van der Waals surface area contributed by atoms with Crippen LogP contribution < -0.4 is 15.0 Å². The van der Waals surface area contributed by atoms with Crippen molar-refractivity contribution >= 4 is 40.7 Å². The van der Waals surface area contributed by atoms with Crippen molar-refractivity contribution in [2.45, 2.75) is 46.2 Å². The summed E-state index contributed by atoms with van der Waals surface area (Å²) >= 11 is 0. The molecule has 1 aromatic carbocycles. The average molecular weight is 651 g/mol. The monoisotopic (exact) mass is 650 g/mol. The predicted molar refractivity (Wildman–Crippen MR) is 168 cm³/mol. The molecule has 14 heteroatoms. The number of carbonyl (C=O) groups is 4. The molecule has 2 fully saturated rings. The van der Waals surface area contributed by atoms with Gasteiger partial charge in [-0.1, -0.05) is 13.0 Å². The highest BCUT2D eigenvalue weighted by molar-refractivity contribution is 6.08. The zero-order valence-corrected chi connectivity index (χ0v) is 27.2. The van der Waals surface area contributed by atoms with Crippen LogP contribution in [0, 0.1) is 11.2 Å². The summed E-state index contributed by atoms with van der Waals surface area (Å²) in [5.41, 5.74) is -1.72. The van der Waals surface area contributed by atoms with Gasteiger partial charge in [-0.05, 0) is 57.5 Å². The molecule has 3 aliphatic heterocycles. The van der Waals surface area contributed by atoms with E-state index in [-0.39, 0.29) is 30.2 Å². The first kappa shape index (κ1) is 32.2. The fourth-order valence-corrected chi connectivity index (χ4v) is 6.22. The van der Waals surface area contributed by atoms with E-state index in [0.29, 0.717) is 16.7 Å². The van der Waals surface area contributed by atoms with Gasteiger partial charge in [-0.2, -0.15) is 0 Å². The lowest BCUT2D eigenvalue weighted by atomic mass is 9.95. The molecule has 1 atom stereocenters. The van der Waals surface area contributed by atoms with Crippen LogP contribution in [-0.4, -0.2) is 96.6 Å². The Morgan fingerprint density at radius 3 is 2.53 bits per heavy atom. The Labute approximate surface area is 271 Å². The molecule has 0 saturated carbocycles. The number of halogens is 1. The predicted octanol–water partition coefficient (Wildman–Crippen LogP) is 3.46. The number of aromatic nitrogens is 1. The number of fused-ring (bicyclic) bond motifs is 2. The highest BCUT2D eigenvalue weighted by Gasteiger charge is 2.57. The molecule has 0 spiro atoms. The molecule has 5 heterocycles. The summed E-state index contributed by atoms with van der Waals surface area (Å²) < 4.78 is 31.8. The van der Waals surface area contributed by atoms with Gasteiger partial charge >= 0.3 is 12.0 Å². The summed E-state index contributed by atoms with van der Waals surface area (Å²) in [6.07, 6.45) is 1.09. The first-order chi connectivity index (χ1) is 22.4. The Morgan fingerprint density at radius 1 is 1.11 bits per heavy atom. The SMILES string of the molecule is CCCN1CCN(c2ccc3oc([C@]4(CN5Cc6ccc(OC)c(F)c6C5=O)NC(=O)N(COC(=O)C(C)(C)C)C4=O)cc3n2)CC1. The molecule has 0 aliphatic carbocycles. The van der Waals surface area contributed by atoms with Gasteiger partial charge in [0.15, 0.2) is 29.4 Å². The number of benzene rings is 1. The van der Waals surface area contributed by atoms with E-state index in [1.54, 1.807) is 39.0 Å². The van der Waals surface area contributed by atoms with Gasteiger partial charge in [-0.25, -0.2) is 19.1 Å². The van der Waals surface area contributed by atoms with Crippen molar-refractivity contribution in [3.8, 4) is 5.75 Å². The van der Waals surface area contributed by atoms with Crippen LogP contribution in [-0.2, 0) is 26.4 Å². The number of amides is 4. The van der Waals surface area contributed by atoms with Crippen molar-refractivity contribution in [3.05, 3.63) is 53.0 Å². The van der Waals surface area contributed by atoms with Gasteiger partial charge in [0.05, 0.1) is 24.6 Å². The number of furan rings is 1. The molecule has 3 aliphatic rings. The van der Waals surface area contributed by atoms with Crippen LogP contribution in [0.3, 0.4) is 0 Å². The largest absolute Gasteiger partial charge is 0.494 e. The first-order valence-corrected chi connectivity index (χ1v) is 15.7. The number of imide groups is 1.